The first-order chi connectivity index (χ1) is 20.5. The Kier molecular flexibility index (Phi) is 16.9. The molecule has 0 aliphatic carbocycles. The van der Waals surface area contributed by atoms with Crippen molar-refractivity contribution in [3.63, 3.8) is 0 Å². The van der Waals surface area contributed by atoms with Crippen LogP contribution in [-0.2, 0) is 23.1 Å². The Hall–Kier alpha value is -0.326. The summed E-state index contributed by atoms with van der Waals surface area (Å²) in [7, 11) is -1.88. The Morgan fingerprint density at radius 1 is 0.930 bits per heavy atom. The second-order valence-corrected chi connectivity index (χ2v) is 22.9. The number of hydrogen-bond donors (Lipinski definition) is 1. The van der Waals surface area contributed by atoms with Crippen LogP contribution >= 0.6 is 0 Å². The third kappa shape index (κ3) is 10.3. The Labute approximate surface area is 267 Å². The van der Waals surface area contributed by atoms with Crippen molar-refractivity contribution < 1.29 is 28.2 Å². The topological polar surface area (TPSA) is 66.4 Å². The van der Waals surface area contributed by atoms with Gasteiger partial charge in [-0.15, -0.1) is 6.58 Å². The van der Waals surface area contributed by atoms with Crippen LogP contribution in [0.15, 0.2) is 24.8 Å². The summed E-state index contributed by atoms with van der Waals surface area (Å²) >= 11 is 0. The van der Waals surface area contributed by atoms with Gasteiger partial charge in [0, 0.05) is 25.9 Å². The van der Waals surface area contributed by atoms with Crippen LogP contribution in [0.5, 0.6) is 0 Å². The van der Waals surface area contributed by atoms with E-state index in [9.17, 15) is 5.11 Å². The normalized spacial score (nSPS) is 30.0. The molecule has 0 aromatic rings. The highest BCUT2D eigenvalue weighted by atomic mass is 28.4. The summed E-state index contributed by atoms with van der Waals surface area (Å²) in [6.07, 6.45) is 5.76. The van der Waals surface area contributed by atoms with E-state index in [1.165, 1.54) is 0 Å². The molecule has 2 aliphatic heterocycles. The minimum absolute atomic E-state index is 0.0337. The van der Waals surface area contributed by atoms with Crippen LogP contribution in [0.4, 0.5) is 0 Å². The molecular weight excluding hydrogens is 573 g/mol. The molecule has 0 saturated carbocycles. The maximum absolute atomic E-state index is 10.9. The fraction of sp³-hybridized carbons (Fsp3) is 0.886. The zero-order chi connectivity index (χ0) is 32.2. The Morgan fingerprint density at radius 3 is 2.05 bits per heavy atom. The molecule has 252 valence electrons. The summed E-state index contributed by atoms with van der Waals surface area (Å²) < 4.78 is 33.8. The molecule has 1 N–H and O–H groups in total. The zero-order valence-corrected chi connectivity index (χ0v) is 31.4. The molecule has 2 aliphatic rings. The molecule has 43 heavy (non-hydrogen) atoms. The number of hydrogen-bond acceptors (Lipinski definition) is 6. The first kappa shape index (κ1) is 38.9. The first-order valence-corrected chi connectivity index (χ1v) is 22.7. The van der Waals surface area contributed by atoms with Crippen molar-refractivity contribution in [1.82, 2.24) is 0 Å². The van der Waals surface area contributed by atoms with E-state index < -0.39 is 22.7 Å². The lowest BCUT2D eigenvalue weighted by Crippen LogP contribution is -2.46. The van der Waals surface area contributed by atoms with Crippen LogP contribution in [0.25, 0.3) is 0 Å². The Balaban J connectivity index is 2.38. The van der Waals surface area contributed by atoms with E-state index in [0.29, 0.717) is 25.4 Å². The first-order valence-electron chi connectivity index (χ1n) is 17.7. The molecule has 0 radical (unpaired) electrons. The van der Waals surface area contributed by atoms with Crippen LogP contribution in [0.3, 0.4) is 0 Å². The van der Waals surface area contributed by atoms with Crippen molar-refractivity contribution in [3.05, 3.63) is 24.8 Å². The lowest BCUT2D eigenvalue weighted by Gasteiger charge is -2.38. The van der Waals surface area contributed by atoms with E-state index in [1.54, 1.807) is 13.2 Å². The predicted molar refractivity (Wildman–Crippen MR) is 185 cm³/mol. The van der Waals surface area contributed by atoms with Gasteiger partial charge in [0.25, 0.3) is 0 Å². The van der Waals surface area contributed by atoms with Crippen molar-refractivity contribution in [2.24, 2.45) is 11.8 Å². The summed E-state index contributed by atoms with van der Waals surface area (Å²) in [6.45, 7) is 27.1. The molecule has 0 spiro atoms. The van der Waals surface area contributed by atoms with Crippen molar-refractivity contribution in [3.8, 4) is 0 Å². The number of methoxy groups -OCH3 is 1. The number of ether oxygens (including phenoxy) is 3. The molecule has 6 unspecified atom stereocenters. The maximum Gasteiger partial charge on any atom is 0.192 e. The number of aliphatic hydroxyl groups is 1. The van der Waals surface area contributed by atoms with Crippen LogP contribution in [0, 0.1) is 11.8 Å². The molecule has 0 aromatic heterocycles. The van der Waals surface area contributed by atoms with Crippen LogP contribution < -0.4 is 0 Å². The molecule has 2 saturated heterocycles. The lowest BCUT2D eigenvalue weighted by atomic mass is 9.82. The van der Waals surface area contributed by atoms with Gasteiger partial charge in [-0.2, -0.15) is 0 Å². The van der Waals surface area contributed by atoms with Gasteiger partial charge in [0.05, 0.1) is 49.3 Å². The third-order valence-electron chi connectivity index (χ3n) is 11.1. The maximum atomic E-state index is 10.9. The fourth-order valence-electron chi connectivity index (χ4n) is 7.53. The highest BCUT2D eigenvalue weighted by Gasteiger charge is 2.48. The highest BCUT2D eigenvalue weighted by Crippen LogP contribution is 2.41. The fourth-order valence-corrected chi connectivity index (χ4v) is 13.1. The highest BCUT2D eigenvalue weighted by molar-refractivity contribution is 6.74. The van der Waals surface area contributed by atoms with E-state index in [2.05, 4.69) is 68.5 Å². The largest absolute Gasteiger partial charge is 0.414 e. The summed E-state index contributed by atoms with van der Waals surface area (Å²) in [5.74, 6) is 0.468. The molecule has 0 aromatic carbocycles. The van der Waals surface area contributed by atoms with Crippen LogP contribution in [0.1, 0.15) is 93.9 Å². The Morgan fingerprint density at radius 2 is 1.53 bits per heavy atom. The van der Waals surface area contributed by atoms with Gasteiger partial charge in [0.15, 0.2) is 16.6 Å². The van der Waals surface area contributed by atoms with Gasteiger partial charge < -0.3 is 28.2 Å². The summed E-state index contributed by atoms with van der Waals surface area (Å²) in [4.78, 5) is 0. The van der Waals surface area contributed by atoms with E-state index >= 15 is 0 Å². The van der Waals surface area contributed by atoms with Gasteiger partial charge in [-0.1, -0.05) is 68.0 Å². The van der Waals surface area contributed by atoms with Crippen molar-refractivity contribution in [2.45, 2.75) is 173 Å². The smallest absolute Gasteiger partial charge is 0.192 e. The molecule has 8 heteroatoms. The quantitative estimate of drug-likeness (QED) is 0.100. The molecular formula is C35H68O6Si2. The van der Waals surface area contributed by atoms with E-state index in [4.69, 9.17) is 23.1 Å². The van der Waals surface area contributed by atoms with Gasteiger partial charge >= 0.3 is 0 Å². The monoisotopic (exact) mass is 640 g/mol. The molecule has 0 amide bonds. The molecule has 2 rings (SSSR count). The van der Waals surface area contributed by atoms with E-state index in [-0.39, 0.29) is 42.5 Å². The number of aliphatic hydroxyl groups excluding tert-OH is 1. The minimum atomic E-state index is -1.89. The summed E-state index contributed by atoms with van der Waals surface area (Å²) in [6, 6.07) is 6.68. The van der Waals surface area contributed by atoms with E-state index in [1.807, 2.05) is 0 Å². The van der Waals surface area contributed by atoms with Gasteiger partial charge in [0.2, 0.25) is 0 Å². The molecule has 2 fully saturated rings. The van der Waals surface area contributed by atoms with E-state index in [0.717, 1.165) is 67.5 Å². The number of rotatable bonds is 21. The SMILES string of the molecule is C=CC[C@H](O)CC1C(CC2OC(CC)CC(C)C2=C)O[C@H](CC(CO[Si](CC)(CC)CC)O[Si](CC)(CC)CC)[C@@H]1OC. The average Bonchev–Trinajstić information content (AvgIpc) is 3.33. The van der Waals surface area contributed by atoms with Crippen LogP contribution in [-0.4, -0.2) is 78.2 Å². The van der Waals surface area contributed by atoms with Gasteiger partial charge in [-0.25, -0.2) is 0 Å². The second-order valence-electron chi connectivity index (χ2n) is 13.4. The second kappa shape index (κ2) is 18.7. The van der Waals surface area contributed by atoms with Gasteiger partial charge in [-0.05, 0) is 73.4 Å². The lowest BCUT2D eigenvalue weighted by molar-refractivity contribution is -0.0748. The summed E-state index contributed by atoms with van der Waals surface area (Å²) in [5.41, 5.74) is 1.16. The van der Waals surface area contributed by atoms with Gasteiger partial charge in [0.1, 0.15) is 0 Å². The molecule has 2 heterocycles. The van der Waals surface area contributed by atoms with Crippen molar-refractivity contribution in [1.29, 1.82) is 0 Å². The molecule has 9 atom stereocenters. The minimum Gasteiger partial charge on any atom is -0.414 e. The van der Waals surface area contributed by atoms with Crippen molar-refractivity contribution in [2.75, 3.05) is 13.7 Å². The van der Waals surface area contributed by atoms with Gasteiger partial charge in [-0.3, -0.25) is 0 Å². The van der Waals surface area contributed by atoms with Crippen molar-refractivity contribution >= 4 is 16.6 Å². The summed E-state index contributed by atoms with van der Waals surface area (Å²) in [5, 5.41) is 10.9. The zero-order valence-electron chi connectivity index (χ0n) is 29.4. The third-order valence-corrected chi connectivity index (χ3v) is 20.5. The Bertz CT molecular complexity index is 800. The predicted octanol–water partition coefficient (Wildman–Crippen LogP) is 8.66. The molecule has 0 bridgehead atoms. The molecule has 6 nitrogen and oxygen atoms in total. The standard InChI is InChI=1S/C35H68O6Si2/c1-12-20-28(36)22-31-33(24-32-27(10)26(9)21-29(13-2)39-32)40-34(35(31)37-11)23-30(41-43(17-6,18-7)19-8)25-38-42(14-3,15-4)16-5/h12,26,28-36H,1,10,13-25H2,2-9,11H3/t26?,28-,29?,30?,31?,32?,33?,34+,35+/m0/s1. The van der Waals surface area contributed by atoms with Crippen LogP contribution in [0.2, 0.25) is 36.3 Å². The average molecular weight is 641 g/mol.